The number of fused-ring (bicyclic) bond motifs is 9. The summed E-state index contributed by atoms with van der Waals surface area (Å²) >= 11 is 10.9. The maximum Gasteiger partial charge on any atom is 0.284 e. The first-order chi connectivity index (χ1) is 39.7. The Balaban J connectivity index is 0.000000138. The molecule has 1 amide bonds. The molecular weight excluding hydrogens is 1160 g/mol. The number of para-hydroxylation sites is 3. The maximum atomic E-state index is 14.0. The van der Waals surface area contributed by atoms with E-state index in [-0.39, 0.29) is 21.4 Å². The fourth-order valence-corrected chi connectivity index (χ4v) is 13.8. The number of benzene rings is 6. The van der Waals surface area contributed by atoms with Crippen LogP contribution in [0.4, 0.5) is 43.4 Å². The Morgan fingerprint density at radius 2 is 0.878 bits per heavy atom. The van der Waals surface area contributed by atoms with Crippen molar-refractivity contribution < 1.29 is 45.3 Å². The number of nitrogens with one attached hydrogen (secondary N) is 2. The lowest BCUT2D eigenvalue weighted by atomic mass is 10.0. The molecule has 0 aliphatic heterocycles. The van der Waals surface area contributed by atoms with E-state index in [1.54, 1.807) is 21.3 Å². The first-order valence-corrected chi connectivity index (χ1v) is 29.9. The van der Waals surface area contributed by atoms with E-state index in [0.29, 0.717) is 15.1 Å². The Hall–Kier alpha value is -7.43. The van der Waals surface area contributed by atoms with Gasteiger partial charge in [0, 0.05) is 16.7 Å². The highest BCUT2D eigenvalue weighted by Crippen LogP contribution is 2.43. The van der Waals surface area contributed by atoms with E-state index in [4.69, 9.17) is 31.4 Å². The van der Waals surface area contributed by atoms with Gasteiger partial charge in [-0.2, -0.15) is 0 Å². The van der Waals surface area contributed by atoms with Crippen molar-refractivity contribution >= 4 is 91.0 Å². The third-order valence-corrected chi connectivity index (χ3v) is 18.3. The highest BCUT2D eigenvalue weighted by atomic mass is 32.2. The number of ether oxygens (including phenoxy) is 3. The molecule has 6 aromatic carbocycles. The predicted octanol–water partition coefficient (Wildman–Crippen LogP) is 16.2. The van der Waals surface area contributed by atoms with Crippen molar-refractivity contribution in [3.8, 4) is 48.6 Å². The van der Waals surface area contributed by atoms with Crippen LogP contribution in [0.1, 0.15) is 72.9 Å². The van der Waals surface area contributed by atoms with Crippen LogP contribution >= 0.6 is 58.0 Å². The number of thiazole rings is 3. The molecule has 3 aliphatic rings. The van der Waals surface area contributed by atoms with Crippen molar-refractivity contribution in [1.82, 2.24) is 15.0 Å². The zero-order valence-electron chi connectivity index (χ0n) is 44.5. The summed E-state index contributed by atoms with van der Waals surface area (Å²) in [6, 6.07) is 28.9. The molecule has 10 nitrogen and oxygen atoms in total. The van der Waals surface area contributed by atoms with E-state index in [2.05, 4.69) is 37.7 Å². The van der Waals surface area contributed by atoms with Gasteiger partial charge in [-0.25, -0.2) is 46.3 Å². The number of hydrogen-bond donors (Lipinski definition) is 2. The fourth-order valence-electron chi connectivity index (χ4n) is 9.60. The van der Waals surface area contributed by atoms with Crippen LogP contribution in [-0.4, -0.2) is 58.5 Å². The number of thiocarbonyl (C=S) groups is 1. The quantitative estimate of drug-likeness (QED) is 0.0626. The van der Waals surface area contributed by atoms with Crippen LogP contribution in [0.5, 0.6) is 17.2 Å². The molecular formula is C61H50F6N6O4S5. The molecule has 0 bridgehead atoms. The van der Waals surface area contributed by atoms with Crippen LogP contribution < -0.4 is 24.8 Å². The van der Waals surface area contributed by atoms with Crippen molar-refractivity contribution in [1.29, 1.82) is 0 Å². The van der Waals surface area contributed by atoms with Crippen LogP contribution in [0, 0.1) is 34.9 Å². The van der Waals surface area contributed by atoms with Gasteiger partial charge < -0.3 is 24.8 Å². The third kappa shape index (κ3) is 12.6. The lowest BCUT2D eigenvalue weighted by Crippen LogP contribution is -2.14. The Labute approximate surface area is 490 Å². The topological polar surface area (TPSA) is 120 Å². The zero-order valence-corrected chi connectivity index (χ0v) is 48.6. The Morgan fingerprint density at radius 3 is 1.29 bits per heavy atom. The highest BCUT2D eigenvalue weighted by molar-refractivity contribution is 8.14. The molecule has 3 aromatic heterocycles. The summed E-state index contributed by atoms with van der Waals surface area (Å²) in [5.74, 6) is -2.70. The maximum absolute atomic E-state index is 14.0. The summed E-state index contributed by atoms with van der Waals surface area (Å²) in [5, 5.41) is 6.88. The molecule has 0 fully saturated rings. The molecule has 3 heterocycles. The number of aliphatic imine (C=N–C) groups is 1. The van der Waals surface area contributed by atoms with E-state index in [1.165, 1.54) is 105 Å². The molecule has 0 saturated heterocycles. The Bertz CT molecular complexity index is 3690. The zero-order chi connectivity index (χ0) is 57.6. The van der Waals surface area contributed by atoms with Crippen molar-refractivity contribution in [2.24, 2.45) is 4.99 Å². The number of anilines is 2. The van der Waals surface area contributed by atoms with E-state index in [1.807, 2.05) is 48.7 Å². The normalized spacial score (nSPS) is 13.0. The molecule has 0 spiro atoms. The summed E-state index contributed by atoms with van der Waals surface area (Å²) in [4.78, 5) is 33.9. The van der Waals surface area contributed by atoms with E-state index >= 15 is 0 Å². The van der Waals surface area contributed by atoms with Gasteiger partial charge in [0.05, 0.1) is 53.0 Å². The molecule has 420 valence electrons. The van der Waals surface area contributed by atoms with Crippen LogP contribution in [0.25, 0.3) is 31.3 Å². The second-order valence-corrected chi connectivity index (χ2v) is 23.0. The van der Waals surface area contributed by atoms with Gasteiger partial charge in [-0.3, -0.25) is 4.79 Å². The van der Waals surface area contributed by atoms with Gasteiger partial charge >= 0.3 is 0 Å². The summed E-state index contributed by atoms with van der Waals surface area (Å²) in [6.45, 7) is 0. The summed E-state index contributed by atoms with van der Waals surface area (Å²) in [6.07, 6.45) is 10.1. The number of hydrogen-bond acceptors (Lipinski definition) is 13. The van der Waals surface area contributed by atoms with Crippen LogP contribution in [-0.2, 0) is 38.5 Å². The van der Waals surface area contributed by atoms with Crippen molar-refractivity contribution in [2.75, 3.05) is 38.2 Å². The summed E-state index contributed by atoms with van der Waals surface area (Å²) in [5.41, 5.74) is 8.67. The van der Waals surface area contributed by atoms with Crippen LogP contribution in [0.15, 0.2) is 114 Å². The molecule has 0 saturated carbocycles. The third-order valence-electron chi connectivity index (χ3n) is 13.7. The van der Waals surface area contributed by atoms with Gasteiger partial charge in [-0.05, 0) is 154 Å². The molecule has 3 aliphatic carbocycles. The second kappa shape index (κ2) is 25.8. The SMILES string of the molecule is COc1ccc2c(c1)-c1sc(C(=Nc3c(F)cccc3F)SC)nc1CCC2.COc1ccc2c(c1)-c1sc(C(=O)Nc3c(F)cccc3F)nc1CCC2.COc1ccc2c(c1)-c1sc(C(=S)Nc3c(F)cccc3F)nc1CCC2. The average molecular weight is 1210 g/mol. The first-order valence-electron chi connectivity index (χ1n) is 25.8. The fraction of sp³-hybridized carbons (Fsp3) is 0.213. The molecule has 0 atom stereocenters. The summed E-state index contributed by atoms with van der Waals surface area (Å²) in [7, 11) is 4.89. The highest BCUT2D eigenvalue weighted by Gasteiger charge is 2.27. The largest absolute Gasteiger partial charge is 0.497 e. The van der Waals surface area contributed by atoms with Gasteiger partial charge in [-0.15, -0.1) is 45.8 Å². The van der Waals surface area contributed by atoms with Crippen LogP contribution in [0.3, 0.4) is 0 Å². The number of amides is 1. The minimum absolute atomic E-state index is 0.179. The molecule has 82 heavy (non-hydrogen) atoms. The van der Waals surface area contributed by atoms with Gasteiger partial charge in [0.25, 0.3) is 5.91 Å². The van der Waals surface area contributed by atoms with Crippen LogP contribution in [0.2, 0.25) is 0 Å². The molecule has 12 rings (SSSR count). The van der Waals surface area contributed by atoms with Crippen molar-refractivity contribution in [3.63, 3.8) is 0 Å². The Kier molecular flexibility index (Phi) is 18.2. The lowest BCUT2D eigenvalue weighted by molar-refractivity contribution is 0.102. The average Bonchev–Trinajstić information content (AvgIpc) is 4.37. The standard InChI is InChI=1S/C21H18F2N2OS2.C20H16F2N2O2S.C20H16F2N2OS2/c1-26-13-10-9-12-5-3-8-17-19(14(12)11-13)28-21(24-17)20(27-2)25-18-15(22)6-4-7-16(18)23;1-26-12-9-8-11-4-2-7-16-18(13(11)10-12)27-20(23-16)19(25)24-17-14(21)5-3-6-15(17)22;1-25-12-9-8-11-4-2-7-16-18(13(11)10-12)27-20(23-16)19(26)24-17-14(21)5-3-6-15(17)22/h4,6-7,9-11H,3,5,8H2,1-2H3;3,5-6,8-10H,2,4,7H2,1H3,(H,24,25);3,5-6,8-10H,2,4,7H2,1H3,(H,24,26). The van der Waals surface area contributed by atoms with Crippen molar-refractivity contribution in [2.45, 2.75) is 57.8 Å². The van der Waals surface area contributed by atoms with Crippen molar-refractivity contribution in [3.05, 3.63) is 193 Å². The lowest BCUT2D eigenvalue weighted by Gasteiger charge is -2.08. The van der Waals surface area contributed by atoms with Gasteiger partial charge in [-0.1, -0.05) is 48.6 Å². The first kappa shape index (κ1) is 57.8. The molecule has 2 N–H and O–H groups in total. The number of carbonyl (C=O) groups is 1. The number of carbonyl (C=O) groups excluding carboxylic acids is 1. The van der Waals surface area contributed by atoms with Gasteiger partial charge in [0.15, 0.2) is 21.6 Å². The van der Waals surface area contributed by atoms with Gasteiger partial charge in [0.1, 0.15) is 72.6 Å². The molecule has 9 aromatic rings. The Morgan fingerprint density at radius 1 is 0.512 bits per heavy atom. The number of methoxy groups -OCH3 is 3. The number of halogens is 6. The monoisotopic (exact) mass is 1200 g/mol. The minimum atomic E-state index is -0.823. The van der Waals surface area contributed by atoms with E-state index in [9.17, 15) is 31.1 Å². The number of rotatable bonds is 9. The molecule has 0 unspecified atom stereocenters. The summed E-state index contributed by atoms with van der Waals surface area (Å²) < 4.78 is 99.5. The predicted molar refractivity (Wildman–Crippen MR) is 320 cm³/mol. The van der Waals surface area contributed by atoms with Gasteiger partial charge in [0.2, 0.25) is 0 Å². The number of aryl methyl sites for hydroxylation is 6. The smallest absolute Gasteiger partial charge is 0.284 e. The second-order valence-electron chi connectivity index (χ2n) is 18.8. The number of nitrogens with zero attached hydrogens (tertiary/aromatic N) is 4. The van der Waals surface area contributed by atoms with E-state index < -0.39 is 46.5 Å². The number of thioether (sulfide) groups is 1. The van der Waals surface area contributed by atoms with E-state index in [0.717, 1.165) is 136 Å². The molecule has 0 radical (unpaired) electrons. The molecule has 21 heteroatoms. The number of aromatic nitrogens is 3. The minimum Gasteiger partial charge on any atom is -0.497 e.